The van der Waals surface area contributed by atoms with Gasteiger partial charge in [0.25, 0.3) is 0 Å². The molecule has 1 saturated carbocycles. The summed E-state index contributed by atoms with van der Waals surface area (Å²) in [6, 6.07) is 0. The fourth-order valence-electron chi connectivity index (χ4n) is 2.35. The van der Waals surface area contributed by atoms with Crippen LogP contribution >= 0.6 is 11.3 Å². The average Bonchev–Trinajstić information content (AvgIpc) is 2.77. The first kappa shape index (κ1) is 12.3. The van der Waals surface area contributed by atoms with Crippen LogP contribution in [0, 0.1) is 22.0 Å². The first-order valence-electron chi connectivity index (χ1n) is 6.01. The van der Waals surface area contributed by atoms with Gasteiger partial charge >= 0.3 is 5.00 Å². The summed E-state index contributed by atoms with van der Waals surface area (Å²) in [5.41, 5.74) is 0. The minimum absolute atomic E-state index is 0.101. The van der Waals surface area contributed by atoms with Crippen LogP contribution < -0.4 is 5.32 Å². The zero-order valence-corrected chi connectivity index (χ0v) is 10.7. The van der Waals surface area contributed by atoms with Crippen molar-refractivity contribution < 1.29 is 4.92 Å². The first-order chi connectivity index (χ1) is 8.16. The molecule has 0 spiro atoms. The van der Waals surface area contributed by atoms with Gasteiger partial charge < -0.3 is 5.32 Å². The molecule has 5 nitrogen and oxygen atoms in total. The monoisotopic (exact) mass is 255 g/mol. The van der Waals surface area contributed by atoms with Gasteiger partial charge in [0.15, 0.2) is 5.13 Å². The van der Waals surface area contributed by atoms with Crippen molar-refractivity contribution in [2.24, 2.45) is 11.8 Å². The molecule has 1 aromatic rings. The second-order valence-electron chi connectivity index (χ2n) is 4.66. The largest absolute Gasteiger partial charge is 0.361 e. The Labute approximate surface area is 104 Å². The maximum atomic E-state index is 10.5. The number of nitrogens with zero attached hydrogens (tertiary/aromatic N) is 2. The van der Waals surface area contributed by atoms with Gasteiger partial charge in [-0.25, -0.2) is 4.98 Å². The van der Waals surface area contributed by atoms with E-state index < -0.39 is 4.92 Å². The lowest BCUT2D eigenvalue weighted by molar-refractivity contribution is -0.380. The Hall–Kier alpha value is -1.17. The van der Waals surface area contributed by atoms with Gasteiger partial charge in [-0.05, 0) is 29.6 Å². The molecule has 0 bridgehead atoms. The molecule has 1 aliphatic carbocycles. The second-order valence-corrected chi connectivity index (χ2v) is 5.67. The van der Waals surface area contributed by atoms with Gasteiger partial charge in [0.1, 0.15) is 6.20 Å². The second kappa shape index (κ2) is 5.44. The van der Waals surface area contributed by atoms with Crippen molar-refractivity contribution >= 4 is 21.5 Å². The number of aromatic nitrogens is 1. The van der Waals surface area contributed by atoms with Crippen LogP contribution in [0.5, 0.6) is 0 Å². The summed E-state index contributed by atoms with van der Waals surface area (Å²) in [5, 5.41) is 14.5. The van der Waals surface area contributed by atoms with E-state index in [-0.39, 0.29) is 5.00 Å². The number of hydrogen-bond donors (Lipinski definition) is 1. The molecule has 0 aromatic carbocycles. The predicted octanol–water partition coefficient (Wildman–Crippen LogP) is 3.29. The molecular formula is C11H17N3O2S. The van der Waals surface area contributed by atoms with E-state index in [1.165, 1.54) is 31.9 Å². The van der Waals surface area contributed by atoms with Crippen molar-refractivity contribution in [1.29, 1.82) is 0 Å². The quantitative estimate of drug-likeness (QED) is 0.662. The highest BCUT2D eigenvalue weighted by molar-refractivity contribution is 7.18. The first-order valence-corrected chi connectivity index (χ1v) is 6.82. The lowest BCUT2D eigenvalue weighted by Gasteiger charge is -2.28. The summed E-state index contributed by atoms with van der Waals surface area (Å²) < 4.78 is 0. The Morgan fingerprint density at radius 3 is 3.00 bits per heavy atom. The van der Waals surface area contributed by atoms with Crippen LogP contribution in [0.2, 0.25) is 0 Å². The molecule has 2 rings (SSSR count). The molecule has 1 N–H and O–H groups in total. The SMILES string of the molecule is CC1CCCCC1CNc1ncc([N+](=O)[O-])s1. The minimum Gasteiger partial charge on any atom is -0.361 e. The van der Waals surface area contributed by atoms with E-state index in [0.717, 1.165) is 23.8 Å². The van der Waals surface area contributed by atoms with Crippen LogP contribution in [0.25, 0.3) is 0 Å². The highest BCUT2D eigenvalue weighted by Gasteiger charge is 2.21. The van der Waals surface area contributed by atoms with E-state index in [2.05, 4.69) is 17.2 Å². The van der Waals surface area contributed by atoms with Crippen LogP contribution in [0.15, 0.2) is 6.20 Å². The van der Waals surface area contributed by atoms with E-state index in [4.69, 9.17) is 0 Å². The predicted molar refractivity (Wildman–Crippen MR) is 68.4 cm³/mol. The van der Waals surface area contributed by atoms with Gasteiger partial charge in [-0.2, -0.15) is 0 Å². The van der Waals surface area contributed by atoms with E-state index in [1.807, 2.05) is 0 Å². The summed E-state index contributed by atoms with van der Waals surface area (Å²) in [6.45, 7) is 3.17. The number of rotatable bonds is 4. The molecular weight excluding hydrogens is 238 g/mol. The van der Waals surface area contributed by atoms with Gasteiger partial charge in [0.2, 0.25) is 0 Å². The van der Waals surface area contributed by atoms with Crippen LogP contribution in [0.1, 0.15) is 32.6 Å². The topological polar surface area (TPSA) is 68.1 Å². The summed E-state index contributed by atoms with van der Waals surface area (Å²) in [7, 11) is 0. The van der Waals surface area contributed by atoms with Crippen molar-refractivity contribution in [3.05, 3.63) is 16.3 Å². The zero-order valence-electron chi connectivity index (χ0n) is 9.89. The number of nitrogens with one attached hydrogen (secondary N) is 1. The third-order valence-electron chi connectivity index (χ3n) is 3.48. The summed E-state index contributed by atoms with van der Waals surface area (Å²) in [5.74, 6) is 1.41. The molecule has 1 aromatic heterocycles. The Kier molecular flexibility index (Phi) is 3.93. The Morgan fingerprint density at radius 2 is 2.35 bits per heavy atom. The van der Waals surface area contributed by atoms with Crippen molar-refractivity contribution in [1.82, 2.24) is 4.98 Å². The van der Waals surface area contributed by atoms with Crippen molar-refractivity contribution in [2.75, 3.05) is 11.9 Å². The molecule has 1 heterocycles. The van der Waals surface area contributed by atoms with Crippen molar-refractivity contribution in [3.8, 4) is 0 Å². The van der Waals surface area contributed by atoms with Gasteiger partial charge in [-0.15, -0.1) is 0 Å². The number of hydrogen-bond acceptors (Lipinski definition) is 5. The van der Waals surface area contributed by atoms with Gasteiger partial charge in [0.05, 0.1) is 4.92 Å². The lowest BCUT2D eigenvalue weighted by atomic mass is 9.80. The van der Waals surface area contributed by atoms with E-state index >= 15 is 0 Å². The standard InChI is InChI=1S/C11H17N3O2S/c1-8-4-2-3-5-9(8)6-12-11-13-7-10(17-11)14(15)16/h7-9H,2-6H2,1H3,(H,12,13). The molecule has 6 heteroatoms. The maximum Gasteiger partial charge on any atom is 0.345 e. The molecule has 0 aliphatic heterocycles. The lowest BCUT2D eigenvalue weighted by Crippen LogP contribution is -2.24. The molecule has 0 amide bonds. The van der Waals surface area contributed by atoms with Crippen molar-refractivity contribution in [3.63, 3.8) is 0 Å². The third-order valence-corrected chi connectivity index (χ3v) is 4.38. The highest BCUT2D eigenvalue weighted by Crippen LogP contribution is 2.31. The zero-order chi connectivity index (χ0) is 12.3. The van der Waals surface area contributed by atoms with E-state index in [9.17, 15) is 10.1 Å². The number of nitro groups is 1. The number of anilines is 1. The molecule has 94 valence electrons. The molecule has 0 radical (unpaired) electrons. The Morgan fingerprint density at radius 1 is 1.59 bits per heavy atom. The number of thiazole rings is 1. The summed E-state index contributed by atoms with van der Waals surface area (Å²) >= 11 is 1.11. The van der Waals surface area contributed by atoms with E-state index in [0.29, 0.717) is 11.0 Å². The maximum absolute atomic E-state index is 10.5. The molecule has 17 heavy (non-hydrogen) atoms. The Balaban J connectivity index is 1.86. The molecule has 0 saturated heterocycles. The van der Waals surface area contributed by atoms with E-state index in [1.54, 1.807) is 0 Å². The molecule has 2 atom stereocenters. The van der Waals surface area contributed by atoms with Crippen LogP contribution in [-0.2, 0) is 0 Å². The molecule has 2 unspecified atom stereocenters. The fourth-order valence-corrected chi connectivity index (χ4v) is 2.99. The van der Waals surface area contributed by atoms with Gasteiger partial charge in [-0.1, -0.05) is 26.2 Å². The Bertz CT molecular complexity index is 394. The van der Waals surface area contributed by atoms with Crippen LogP contribution in [-0.4, -0.2) is 16.5 Å². The van der Waals surface area contributed by atoms with Crippen LogP contribution in [0.3, 0.4) is 0 Å². The minimum atomic E-state index is -0.397. The van der Waals surface area contributed by atoms with Gasteiger partial charge in [-0.3, -0.25) is 10.1 Å². The van der Waals surface area contributed by atoms with Crippen LogP contribution in [0.4, 0.5) is 10.1 Å². The van der Waals surface area contributed by atoms with Crippen molar-refractivity contribution in [2.45, 2.75) is 32.6 Å². The summed E-state index contributed by atoms with van der Waals surface area (Å²) in [6.07, 6.45) is 6.50. The molecule has 1 fully saturated rings. The normalized spacial score (nSPS) is 24.5. The summed E-state index contributed by atoms with van der Waals surface area (Å²) in [4.78, 5) is 14.1. The molecule has 1 aliphatic rings. The fraction of sp³-hybridized carbons (Fsp3) is 0.727. The third kappa shape index (κ3) is 3.15. The smallest absolute Gasteiger partial charge is 0.345 e. The van der Waals surface area contributed by atoms with Gasteiger partial charge in [0, 0.05) is 6.54 Å². The highest BCUT2D eigenvalue weighted by atomic mass is 32.1. The average molecular weight is 255 g/mol.